The van der Waals surface area contributed by atoms with Crippen LogP contribution >= 0.6 is 0 Å². The maximum absolute atomic E-state index is 12.3. The number of hydrogen-bond acceptors (Lipinski definition) is 3. The molecule has 1 N–H and O–H groups in total. The number of carbonyl (C=O) groups excluding carboxylic acids is 1. The Bertz CT molecular complexity index is 793. The van der Waals surface area contributed by atoms with Crippen LogP contribution in [0, 0.1) is 23.2 Å². The molecule has 1 aromatic carbocycles. The number of aromatic amines is 1. The van der Waals surface area contributed by atoms with E-state index in [1.807, 2.05) is 18.2 Å². The Morgan fingerprint density at radius 1 is 1.30 bits per heavy atom. The summed E-state index contributed by atoms with van der Waals surface area (Å²) in [4.78, 5) is 12.3. The van der Waals surface area contributed by atoms with E-state index in [-0.39, 0.29) is 17.6 Å². The number of ketones is 1. The van der Waals surface area contributed by atoms with E-state index in [1.165, 1.54) is 0 Å². The molecule has 2 aliphatic rings. The SMILES string of the molecule is N#CC1=C(c2ccc3[nH]ncc3c2)C2CCCC2C1=O. The summed E-state index contributed by atoms with van der Waals surface area (Å²) in [6.07, 6.45) is 4.79. The molecule has 1 heterocycles. The molecule has 0 aliphatic heterocycles. The van der Waals surface area contributed by atoms with Crippen molar-refractivity contribution in [2.24, 2.45) is 11.8 Å². The number of aromatic nitrogens is 2. The molecule has 0 radical (unpaired) electrons. The number of H-pyrrole nitrogens is 1. The number of carbonyl (C=O) groups is 1. The van der Waals surface area contributed by atoms with Gasteiger partial charge in [-0.2, -0.15) is 10.4 Å². The van der Waals surface area contributed by atoms with Crippen molar-refractivity contribution in [2.45, 2.75) is 19.3 Å². The number of nitriles is 1. The van der Waals surface area contributed by atoms with E-state index in [0.717, 1.165) is 41.3 Å². The van der Waals surface area contributed by atoms with Crippen LogP contribution in [0.2, 0.25) is 0 Å². The molecule has 4 heteroatoms. The zero-order valence-electron chi connectivity index (χ0n) is 10.9. The maximum atomic E-state index is 12.3. The molecule has 0 spiro atoms. The normalized spacial score (nSPS) is 25.2. The summed E-state index contributed by atoms with van der Waals surface area (Å²) in [5.74, 6) is 0.332. The fraction of sp³-hybridized carbons (Fsp3) is 0.312. The lowest BCUT2D eigenvalue weighted by Gasteiger charge is -2.13. The highest BCUT2D eigenvalue weighted by atomic mass is 16.1. The summed E-state index contributed by atoms with van der Waals surface area (Å²) in [5, 5.41) is 17.3. The predicted molar refractivity (Wildman–Crippen MR) is 74.5 cm³/mol. The number of benzene rings is 1. The number of nitrogens with one attached hydrogen (secondary N) is 1. The van der Waals surface area contributed by atoms with Crippen molar-refractivity contribution in [1.82, 2.24) is 10.2 Å². The molecule has 2 atom stereocenters. The summed E-state index contributed by atoms with van der Waals surface area (Å²) >= 11 is 0. The molecule has 2 aliphatic carbocycles. The minimum atomic E-state index is 0.0414. The van der Waals surface area contributed by atoms with Gasteiger partial charge in [-0.15, -0.1) is 0 Å². The lowest BCUT2D eigenvalue weighted by Crippen LogP contribution is -2.11. The van der Waals surface area contributed by atoms with Gasteiger partial charge in [0.25, 0.3) is 0 Å². The second-order valence-corrected chi connectivity index (χ2v) is 5.58. The summed E-state index contributed by atoms with van der Waals surface area (Å²) in [5.41, 5.74) is 3.31. The van der Waals surface area contributed by atoms with E-state index in [9.17, 15) is 10.1 Å². The third-order valence-corrected chi connectivity index (χ3v) is 4.60. The first-order valence-corrected chi connectivity index (χ1v) is 6.91. The quantitative estimate of drug-likeness (QED) is 0.860. The number of Topliss-reactive ketones (excluding diaryl/α,β-unsaturated/α-hetero) is 1. The number of hydrogen-bond donors (Lipinski definition) is 1. The highest BCUT2D eigenvalue weighted by Gasteiger charge is 2.44. The van der Waals surface area contributed by atoms with Gasteiger partial charge in [0.15, 0.2) is 5.78 Å². The molecular weight excluding hydrogens is 250 g/mol. The summed E-state index contributed by atoms with van der Waals surface area (Å²) in [6, 6.07) is 8.12. The minimum Gasteiger partial charge on any atom is -0.293 e. The molecule has 1 saturated carbocycles. The van der Waals surface area contributed by atoms with Crippen molar-refractivity contribution in [3.05, 3.63) is 35.5 Å². The molecule has 2 unspecified atom stereocenters. The van der Waals surface area contributed by atoms with Crippen LogP contribution in [0.1, 0.15) is 24.8 Å². The molecule has 1 fully saturated rings. The molecule has 0 saturated heterocycles. The highest BCUT2D eigenvalue weighted by Crippen LogP contribution is 2.49. The Morgan fingerprint density at radius 2 is 2.15 bits per heavy atom. The van der Waals surface area contributed by atoms with Gasteiger partial charge in [-0.05, 0) is 42.0 Å². The van der Waals surface area contributed by atoms with Crippen LogP contribution in [0.5, 0.6) is 0 Å². The lowest BCUT2D eigenvalue weighted by atomic mass is 9.89. The maximum Gasteiger partial charge on any atom is 0.177 e. The topological polar surface area (TPSA) is 69.5 Å². The Labute approximate surface area is 116 Å². The van der Waals surface area contributed by atoms with Crippen molar-refractivity contribution in [1.29, 1.82) is 5.26 Å². The van der Waals surface area contributed by atoms with Gasteiger partial charge in [0.1, 0.15) is 6.07 Å². The van der Waals surface area contributed by atoms with E-state index in [0.29, 0.717) is 5.57 Å². The van der Waals surface area contributed by atoms with Crippen LogP contribution in [0.15, 0.2) is 30.0 Å². The average molecular weight is 263 g/mol. The van der Waals surface area contributed by atoms with Gasteiger partial charge in [0.2, 0.25) is 0 Å². The van der Waals surface area contributed by atoms with E-state index >= 15 is 0 Å². The van der Waals surface area contributed by atoms with Gasteiger partial charge in [-0.1, -0.05) is 12.5 Å². The van der Waals surface area contributed by atoms with Gasteiger partial charge in [-0.25, -0.2) is 0 Å². The van der Waals surface area contributed by atoms with Crippen LogP contribution in [-0.4, -0.2) is 16.0 Å². The first-order chi connectivity index (χ1) is 9.79. The number of rotatable bonds is 1. The first-order valence-electron chi connectivity index (χ1n) is 6.91. The van der Waals surface area contributed by atoms with E-state index in [2.05, 4.69) is 16.3 Å². The Kier molecular flexibility index (Phi) is 2.31. The van der Waals surface area contributed by atoms with Crippen molar-refractivity contribution >= 4 is 22.3 Å². The standard InChI is InChI=1S/C16H13N3O/c17-7-13-15(11-2-1-3-12(11)16(13)20)9-4-5-14-10(6-9)8-18-19-14/h4-6,8,11-12H,1-3H2,(H,18,19). The van der Waals surface area contributed by atoms with Crippen LogP contribution in [0.25, 0.3) is 16.5 Å². The van der Waals surface area contributed by atoms with Crippen LogP contribution in [0.3, 0.4) is 0 Å². The Morgan fingerprint density at radius 3 is 3.00 bits per heavy atom. The van der Waals surface area contributed by atoms with E-state index in [4.69, 9.17) is 0 Å². The molecule has 4 rings (SSSR count). The lowest BCUT2D eigenvalue weighted by molar-refractivity contribution is -0.118. The van der Waals surface area contributed by atoms with Gasteiger partial charge < -0.3 is 0 Å². The Hall–Kier alpha value is -2.41. The fourth-order valence-corrected chi connectivity index (χ4v) is 3.71. The van der Waals surface area contributed by atoms with Gasteiger partial charge in [-0.3, -0.25) is 9.89 Å². The van der Waals surface area contributed by atoms with Crippen LogP contribution < -0.4 is 0 Å². The number of fused-ring (bicyclic) bond motifs is 2. The second-order valence-electron chi connectivity index (χ2n) is 5.58. The highest BCUT2D eigenvalue weighted by molar-refractivity contribution is 6.13. The fourth-order valence-electron chi connectivity index (χ4n) is 3.71. The first kappa shape index (κ1) is 11.4. The molecule has 0 amide bonds. The summed E-state index contributed by atoms with van der Waals surface area (Å²) in [6.45, 7) is 0. The smallest absolute Gasteiger partial charge is 0.177 e. The van der Waals surface area contributed by atoms with Gasteiger partial charge in [0.05, 0.1) is 17.3 Å². The molecule has 1 aromatic heterocycles. The summed E-state index contributed by atoms with van der Waals surface area (Å²) in [7, 11) is 0. The number of nitrogens with zero attached hydrogens (tertiary/aromatic N) is 2. The molecule has 0 bridgehead atoms. The molecule has 98 valence electrons. The zero-order chi connectivity index (χ0) is 13.7. The van der Waals surface area contributed by atoms with E-state index < -0.39 is 0 Å². The second kappa shape index (κ2) is 4.04. The van der Waals surface area contributed by atoms with Crippen molar-refractivity contribution in [3.63, 3.8) is 0 Å². The predicted octanol–water partition coefficient (Wildman–Crippen LogP) is 2.84. The molecule has 20 heavy (non-hydrogen) atoms. The van der Waals surface area contributed by atoms with Crippen molar-refractivity contribution < 1.29 is 4.79 Å². The number of allylic oxidation sites excluding steroid dienone is 2. The third-order valence-electron chi connectivity index (χ3n) is 4.60. The molecule has 4 nitrogen and oxygen atoms in total. The monoisotopic (exact) mass is 263 g/mol. The van der Waals surface area contributed by atoms with Crippen molar-refractivity contribution in [2.75, 3.05) is 0 Å². The summed E-state index contributed by atoms with van der Waals surface area (Å²) < 4.78 is 0. The van der Waals surface area contributed by atoms with Gasteiger partial charge >= 0.3 is 0 Å². The Balaban J connectivity index is 1.92. The third kappa shape index (κ3) is 1.41. The van der Waals surface area contributed by atoms with Crippen LogP contribution in [0.4, 0.5) is 0 Å². The largest absolute Gasteiger partial charge is 0.293 e. The van der Waals surface area contributed by atoms with Crippen molar-refractivity contribution in [3.8, 4) is 6.07 Å². The van der Waals surface area contributed by atoms with E-state index in [1.54, 1.807) is 6.20 Å². The van der Waals surface area contributed by atoms with Crippen LogP contribution in [-0.2, 0) is 4.79 Å². The zero-order valence-corrected chi connectivity index (χ0v) is 10.9. The molecule has 2 aromatic rings. The average Bonchev–Trinajstić information content (AvgIpc) is 3.14. The van der Waals surface area contributed by atoms with Gasteiger partial charge in [0, 0.05) is 11.3 Å². The molecular formula is C16H13N3O. The minimum absolute atomic E-state index is 0.0414.